The van der Waals surface area contributed by atoms with Crippen molar-refractivity contribution in [1.29, 1.82) is 0 Å². The van der Waals surface area contributed by atoms with Crippen molar-refractivity contribution in [3.05, 3.63) is 18.2 Å². The minimum absolute atomic E-state index is 0.348. The van der Waals surface area contributed by atoms with Crippen LogP contribution in [0.1, 0.15) is 53.3 Å². The van der Waals surface area contributed by atoms with Crippen molar-refractivity contribution in [3.63, 3.8) is 0 Å². The number of aromatic nitrogens is 2. The number of hydrogen-bond acceptors (Lipinski definition) is 3. The molecule has 0 amide bonds. The second-order valence-corrected chi connectivity index (χ2v) is 5.92. The summed E-state index contributed by atoms with van der Waals surface area (Å²) < 4.78 is 2.13. The molecule has 0 radical (unpaired) electrons. The Kier molecular flexibility index (Phi) is 3.99. The van der Waals surface area contributed by atoms with E-state index in [-0.39, 0.29) is 5.54 Å². The largest absolute Gasteiger partial charge is 0.389 e. The van der Waals surface area contributed by atoms with Crippen LogP contribution in [0, 0.1) is 0 Å². The number of nitrogens with zero attached hydrogens (tertiary/aromatic N) is 2. The topological polar surface area (TPSA) is 50.1 Å². The van der Waals surface area contributed by atoms with E-state index in [4.69, 9.17) is 0 Å². The zero-order chi connectivity index (χ0) is 13.3. The van der Waals surface area contributed by atoms with Crippen LogP contribution in [0.2, 0.25) is 0 Å². The van der Waals surface area contributed by atoms with Crippen LogP contribution in [0.4, 0.5) is 0 Å². The molecule has 0 aliphatic rings. The van der Waals surface area contributed by atoms with Crippen LogP contribution in [-0.4, -0.2) is 25.8 Å². The highest BCUT2D eigenvalue weighted by Gasteiger charge is 2.34. The van der Waals surface area contributed by atoms with Gasteiger partial charge in [-0.3, -0.25) is 0 Å². The average Bonchev–Trinajstić information content (AvgIpc) is 2.60. The van der Waals surface area contributed by atoms with Gasteiger partial charge in [-0.25, -0.2) is 4.98 Å². The summed E-state index contributed by atoms with van der Waals surface area (Å²) in [5.74, 6) is 0. The van der Waals surface area contributed by atoms with Gasteiger partial charge in [0.25, 0.3) is 0 Å². The first-order valence-corrected chi connectivity index (χ1v) is 6.13. The average molecular weight is 239 g/mol. The minimum Gasteiger partial charge on any atom is -0.389 e. The van der Waals surface area contributed by atoms with Crippen LogP contribution in [0.5, 0.6) is 0 Å². The quantitative estimate of drug-likeness (QED) is 0.827. The number of rotatable bonds is 5. The normalized spacial score (nSPS) is 13.4. The Bertz CT molecular complexity index is 361. The predicted molar refractivity (Wildman–Crippen MR) is 69.8 cm³/mol. The van der Waals surface area contributed by atoms with Gasteiger partial charge in [-0.2, -0.15) is 0 Å². The van der Waals surface area contributed by atoms with E-state index in [1.54, 1.807) is 0 Å². The molecule has 1 aromatic rings. The molecule has 4 heteroatoms. The summed E-state index contributed by atoms with van der Waals surface area (Å²) in [4.78, 5) is 4.17. The van der Waals surface area contributed by atoms with E-state index < -0.39 is 5.60 Å². The van der Waals surface area contributed by atoms with Gasteiger partial charge in [-0.05, 0) is 41.5 Å². The molecule has 0 aliphatic carbocycles. The van der Waals surface area contributed by atoms with Gasteiger partial charge in [0.1, 0.15) is 0 Å². The first-order chi connectivity index (χ1) is 7.65. The van der Waals surface area contributed by atoms with E-state index in [2.05, 4.69) is 28.7 Å². The molecule has 0 fully saturated rings. The molecule has 1 aromatic heterocycles. The first-order valence-electron chi connectivity index (χ1n) is 6.13. The van der Waals surface area contributed by atoms with E-state index in [9.17, 15) is 5.11 Å². The fourth-order valence-corrected chi connectivity index (χ4v) is 1.46. The van der Waals surface area contributed by atoms with Gasteiger partial charge >= 0.3 is 0 Å². The lowest BCUT2D eigenvalue weighted by Gasteiger charge is -2.38. The summed E-state index contributed by atoms with van der Waals surface area (Å²) in [6.07, 6.45) is 3.71. The van der Waals surface area contributed by atoms with Crippen LogP contribution in [0.25, 0.3) is 0 Å². The summed E-state index contributed by atoms with van der Waals surface area (Å²) in [6, 6.07) is 0.402. The summed E-state index contributed by atoms with van der Waals surface area (Å²) in [6.45, 7) is 12.6. The lowest BCUT2D eigenvalue weighted by Crippen LogP contribution is -2.55. The molecule has 2 N–H and O–H groups in total. The third-order valence-corrected chi connectivity index (χ3v) is 3.54. The molecule has 0 bridgehead atoms. The number of aliphatic hydroxyl groups is 1. The van der Waals surface area contributed by atoms with Crippen molar-refractivity contribution in [2.24, 2.45) is 0 Å². The van der Waals surface area contributed by atoms with E-state index in [1.165, 1.54) is 0 Å². The van der Waals surface area contributed by atoms with Gasteiger partial charge in [0.05, 0.1) is 17.6 Å². The Balaban J connectivity index is 2.71. The van der Waals surface area contributed by atoms with Crippen LogP contribution >= 0.6 is 0 Å². The molecule has 0 atom stereocenters. The first kappa shape index (κ1) is 14.2. The van der Waals surface area contributed by atoms with Crippen molar-refractivity contribution in [3.8, 4) is 0 Å². The zero-order valence-corrected chi connectivity index (χ0v) is 11.8. The summed E-state index contributed by atoms with van der Waals surface area (Å²) in [5.41, 5.74) is 0.0201. The lowest BCUT2D eigenvalue weighted by molar-refractivity contribution is -0.00559. The van der Waals surface area contributed by atoms with Crippen LogP contribution in [0.15, 0.2) is 12.5 Å². The predicted octanol–water partition coefficient (Wildman–Crippen LogP) is 2.10. The molecule has 4 nitrogen and oxygen atoms in total. The second-order valence-electron chi connectivity index (χ2n) is 5.92. The van der Waals surface area contributed by atoms with Crippen LogP contribution in [0.3, 0.4) is 0 Å². The van der Waals surface area contributed by atoms with Gasteiger partial charge in [0.2, 0.25) is 0 Å². The SMILES string of the molecule is CC(C)n1cncc1CNC(C)(C)C(C)(C)O. The number of hydrogen-bond donors (Lipinski definition) is 2. The summed E-state index contributed by atoms with van der Waals surface area (Å²) >= 11 is 0. The van der Waals surface area contributed by atoms with Gasteiger partial charge in [-0.15, -0.1) is 0 Å². The molecule has 0 aromatic carbocycles. The van der Waals surface area contributed by atoms with Crippen molar-refractivity contribution in [2.75, 3.05) is 0 Å². The molecule has 0 saturated carbocycles. The molecular formula is C13H25N3O. The molecule has 17 heavy (non-hydrogen) atoms. The van der Waals surface area contributed by atoms with Crippen LogP contribution < -0.4 is 5.32 Å². The highest BCUT2D eigenvalue weighted by Crippen LogP contribution is 2.21. The summed E-state index contributed by atoms with van der Waals surface area (Å²) in [7, 11) is 0. The van der Waals surface area contributed by atoms with Crippen molar-refractivity contribution in [2.45, 2.75) is 65.3 Å². The van der Waals surface area contributed by atoms with Gasteiger partial charge in [0, 0.05) is 24.3 Å². The lowest BCUT2D eigenvalue weighted by atomic mass is 9.86. The molecule has 0 unspecified atom stereocenters. The maximum absolute atomic E-state index is 10.1. The van der Waals surface area contributed by atoms with Crippen molar-refractivity contribution >= 4 is 0 Å². The Morgan fingerprint density at radius 2 is 1.94 bits per heavy atom. The highest BCUT2D eigenvalue weighted by molar-refractivity contribution is 5.02. The Hall–Kier alpha value is -0.870. The molecule has 0 aliphatic heterocycles. The molecule has 0 saturated heterocycles. The Labute approximate surface area is 104 Å². The molecule has 0 spiro atoms. The summed E-state index contributed by atoms with van der Waals surface area (Å²) in [5, 5.41) is 13.5. The fourth-order valence-electron chi connectivity index (χ4n) is 1.46. The third kappa shape index (κ3) is 3.30. The van der Waals surface area contributed by atoms with Crippen LogP contribution in [-0.2, 0) is 6.54 Å². The van der Waals surface area contributed by atoms with Gasteiger partial charge < -0.3 is 15.0 Å². The highest BCUT2D eigenvalue weighted by atomic mass is 16.3. The van der Waals surface area contributed by atoms with E-state index in [0.29, 0.717) is 12.6 Å². The van der Waals surface area contributed by atoms with Crippen molar-refractivity contribution in [1.82, 2.24) is 14.9 Å². The van der Waals surface area contributed by atoms with E-state index in [0.717, 1.165) is 5.69 Å². The zero-order valence-electron chi connectivity index (χ0n) is 11.8. The second kappa shape index (κ2) is 4.78. The van der Waals surface area contributed by atoms with Gasteiger partial charge in [-0.1, -0.05) is 0 Å². The van der Waals surface area contributed by atoms with Gasteiger partial charge in [0.15, 0.2) is 0 Å². The smallest absolute Gasteiger partial charge is 0.0951 e. The monoisotopic (exact) mass is 239 g/mol. The minimum atomic E-state index is -0.768. The molecular weight excluding hydrogens is 214 g/mol. The standard InChI is InChI=1S/C13H25N3O/c1-10(2)16-9-14-7-11(16)8-15-12(3,4)13(5,6)17/h7,9-10,15,17H,8H2,1-6H3. The van der Waals surface area contributed by atoms with E-state index >= 15 is 0 Å². The maximum Gasteiger partial charge on any atom is 0.0951 e. The number of imidazole rings is 1. The number of nitrogens with one attached hydrogen (secondary N) is 1. The molecule has 1 heterocycles. The fraction of sp³-hybridized carbons (Fsp3) is 0.769. The Morgan fingerprint density at radius 3 is 2.41 bits per heavy atom. The third-order valence-electron chi connectivity index (χ3n) is 3.54. The molecule has 1 rings (SSSR count). The maximum atomic E-state index is 10.1. The van der Waals surface area contributed by atoms with E-state index in [1.807, 2.05) is 40.2 Å². The molecule has 98 valence electrons. The van der Waals surface area contributed by atoms with Crippen molar-refractivity contribution < 1.29 is 5.11 Å². The Morgan fingerprint density at radius 1 is 1.35 bits per heavy atom.